The van der Waals surface area contributed by atoms with Crippen LogP contribution in [-0.2, 0) is 19.1 Å². The zero-order chi connectivity index (χ0) is 41.1. The molecule has 2 saturated heterocycles. The van der Waals surface area contributed by atoms with E-state index in [1.54, 1.807) is 4.90 Å². The van der Waals surface area contributed by atoms with Crippen LogP contribution in [0.5, 0.6) is 0 Å². The Hall–Kier alpha value is -6.20. The minimum atomic E-state index is -0.731. The lowest BCUT2D eigenvalue weighted by Crippen LogP contribution is -2.51. The predicted octanol–water partition coefficient (Wildman–Crippen LogP) is 5.35. The molecule has 14 nitrogen and oxygen atoms in total. The highest BCUT2D eigenvalue weighted by Gasteiger charge is 2.39. The number of fused-ring (bicyclic) bond motifs is 2. The molecule has 4 heterocycles. The number of methoxy groups -OCH3 is 1. The van der Waals surface area contributed by atoms with Gasteiger partial charge in [-0.1, -0.05) is 57.7 Å². The smallest absolute Gasteiger partial charge is 0.407 e. The van der Waals surface area contributed by atoms with Crippen molar-refractivity contribution >= 4 is 45.9 Å². The number of carbonyl (C=O) groups is 4. The van der Waals surface area contributed by atoms with Crippen molar-refractivity contribution in [2.45, 2.75) is 77.5 Å². The van der Waals surface area contributed by atoms with Crippen molar-refractivity contribution in [1.82, 2.24) is 40.4 Å². The van der Waals surface area contributed by atoms with Gasteiger partial charge in [0.1, 0.15) is 30.3 Å². The van der Waals surface area contributed by atoms with E-state index in [1.165, 1.54) is 7.11 Å². The van der Waals surface area contributed by atoms with Gasteiger partial charge in [-0.15, -0.1) is 0 Å². The summed E-state index contributed by atoms with van der Waals surface area (Å²) in [5.74, 6) is 6.81. The van der Waals surface area contributed by atoms with Crippen molar-refractivity contribution in [3.63, 3.8) is 0 Å². The second-order valence-electron chi connectivity index (χ2n) is 15.7. The quantitative estimate of drug-likeness (QED) is 0.117. The van der Waals surface area contributed by atoms with Crippen molar-refractivity contribution in [3.05, 3.63) is 83.4 Å². The molecule has 2 aliphatic rings. The number of carbonyl (C=O) groups excluding carboxylic acids is 4. The first kappa shape index (κ1) is 40.0. The highest BCUT2D eigenvalue weighted by molar-refractivity contribution is 5.89. The number of aliphatic hydroxyl groups is 1. The van der Waals surface area contributed by atoms with Gasteiger partial charge in [-0.3, -0.25) is 14.4 Å². The first-order valence-electron chi connectivity index (χ1n) is 19.9. The molecule has 7 rings (SSSR count). The summed E-state index contributed by atoms with van der Waals surface area (Å²) >= 11 is 0. The first-order chi connectivity index (χ1) is 27.9. The zero-order valence-corrected chi connectivity index (χ0v) is 33.5. The second-order valence-corrected chi connectivity index (χ2v) is 15.7. The van der Waals surface area contributed by atoms with E-state index >= 15 is 0 Å². The highest BCUT2D eigenvalue weighted by Crippen LogP contribution is 2.35. The molecule has 0 spiro atoms. The fourth-order valence-corrected chi connectivity index (χ4v) is 7.94. The molecular weight excluding hydrogens is 737 g/mol. The van der Waals surface area contributed by atoms with Crippen LogP contribution in [0.1, 0.15) is 88.2 Å². The summed E-state index contributed by atoms with van der Waals surface area (Å²) in [5.41, 5.74) is 7.01. The number of alkyl carbamates (subject to hydrolysis) is 1. The van der Waals surface area contributed by atoms with Gasteiger partial charge in [0, 0.05) is 24.2 Å². The Balaban J connectivity index is 1.03. The number of aliphatic hydroxyl groups excluding tert-OH is 1. The van der Waals surface area contributed by atoms with E-state index in [1.807, 2.05) is 87.2 Å². The monoisotopic (exact) mass is 786 g/mol. The lowest BCUT2D eigenvalue weighted by atomic mass is 10.0. The molecule has 2 fully saturated rings. The number of benzene rings is 3. The molecule has 0 radical (unpaired) electrons. The Kier molecular flexibility index (Phi) is 11.8. The van der Waals surface area contributed by atoms with Crippen molar-refractivity contribution < 1.29 is 29.0 Å². The number of imidazole rings is 2. The summed E-state index contributed by atoms with van der Waals surface area (Å²) in [6, 6.07) is 18.1. The summed E-state index contributed by atoms with van der Waals surface area (Å²) in [5, 5.41) is 14.6. The van der Waals surface area contributed by atoms with Crippen LogP contribution in [0.25, 0.3) is 33.2 Å². The molecule has 3 aromatic carbocycles. The van der Waals surface area contributed by atoms with Crippen LogP contribution in [0.3, 0.4) is 0 Å². The van der Waals surface area contributed by atoms with Gasteiger partial charge >= 0.3 is 6.09 Å². The Labute approximate surface area is 337 Å². The van der Waals surface area contributed by atoms with Gasteiger partial charge in [-0.2, -0.15) is 0 Å². The van der Waals surface area contributed by atoms with Crippen molar-refractivity contribution in [2.24, 2.45) is 11.8 Å². The van der Waals surface area contributed by atoms with Gasteiger partial charge in [0.2, 0.25) is 17.7 Å². The van der Waals surface area contributed by atoms with Gasteiger partial charge in [-0.25, -0.2) is 14.8 Å². The topological polar surface area (TPSA) is 186 Å². The Morgan fingerprint density at radius 1 is 0.741 bits per heavy atom. The Bertz CT molecular complexity index is 2390. The van der Waals surface area contributed by atoms with E-state index in [-0.39, 0.29) is 35.7 Å². The summed E-state index contributed by atoms with van der Waals surface area (Å²) < 4.78 is 4.76. The molecule has 0 aliphatic carbocycles. The SMILES string of the molecule is COC(=O)NC(C(=O)N1CCCC1c1nc2ccc(-c3ccc(C#Cc4ccc5nc(C6CCCN6C(=O)C(NC(=O)CO)C(C)C)[nH]c5c4)cc3)cc2[nH]1)C(C)C. The minimum Gasteiger partial charge on any atom is -0.453 e. The predicted molar refractivity (Wildman–Crippen MR) is 219 cm³/mol. The number of nitrogens with one attached hydrogen (secondary N) is 4. The number of amides is 4. The summed E-state index contributed by atoms with van der Waals surface area (Å²) in [4.78, 5) is 71.2. The molecule has 14 heteroatoms. The number of rotatable bonds is 10. The summed E-state index contributed by atoms with van der Waals surface area (Å²) in [7, 11) is 1.29. The maximum absolute atomic E-state index is 13.6. The van der Waals surface area contributed by atoms with Gasteiger partial charge in [-0.05, 0) is 91.1 Å². The number of nitrogens with zero attached hydrogens (tertiary/aromatic N) is 4. The highest BCUT2D eigenvalue weighted by atomic mass is 16.5. The summed E-state index contributed by atoms with van der Waals surface area (Å²) in [6.45, 7) is 8.03. The largest absolute Gasteiger partial charge is 0.453 e. The molecule has 0 saturated carbocycles. The van der Waals surface area contributed by atoms with Gasteiger partial charge in [0.25, 0.3) is 0 Å². The van der Waals surface area contributed by atoms with Gasteiger partial charge in [0.15, 0.2) is 0 Å². The number of H-pyrrole nitrogens is 2. The number of aromatic nitrogens is 4. The maximum Gasteiger partial charge on any atom is 0.407 e. The maximum atomic E-state index is 13.6. The normalized spacial score (nSPS) is 17.7. The van der Waals surface area contributed by atoms with Crippen LogP contribution >= 0.6 is 0 Å². The average molecular weight is 787 g/mol. The average Bonchev–Trinajstić information content (AvgIpc) is 4.05. The molecular formula is C44H50N8O6. The second kappa shape index (κ2) is 17.1. The number of likely N-dealkylation sites (tertiary alicyclic amines) is 2. The van der Waals surface area contributed by atoms with Crippen LogP contribution in [0.2, 0.25) is 0 Å². The first-order valence-corrected chi connectivity index (χ1v) is 19.9. The molecule has 4 atom stereocenters. The third kappa shape index (κ3) is 8.40. The molecule has 5 N–H and O–H groups in total. The van der Waals surface area contributed by atoms with E-state index < -0.39 is 30.7 Å². The molecule has 4 amide bonds. The standard InChI is InChI=1S/C44H50N8O6/c1-25(2)38(49-37(54)24-53)42(55)51-20-6-8-35(51)40-45-31-18-14-28(22-33(31)47-40)11-10-27-12-15-29(16-13-27)30-17-19-32-34(23-30)48-41(46-32)36-9-7-21-52(36)43(56)39(26(3)4)50-44(57)58-5/h12-19,22-23,25-26,35-36,38-39,53H,6-9,20-21,24H2,1-5H3,(H,45,47)(H,46,48)(H,49,54)(H,50,57). The fraction of sp³-hybridized carbons (Fsp3) is 0.409. The van der Waals surface area contributed by atoms with E-state index in [2.05, 4.69) is 38.5 Å². The van der Waals surface area contributed by atoms with Crippen LogP contribution in [0.4, 0.5) is 4.79 Å². The summed E-state index contributed by atoms with van der Waals surface area (Å²) in [6.07, 6.45) is 2.56. The fourth-order valence-electron chi connectivity index (χ4n) is 7.94. The van der Waals surface area contributed by atoms with Crippen LogP contribution in [0.15, 0.2) is 60.7 Å². The lowest BCUT2D eigenvalue weighted by molar-refractivity contribution is -0.139. The molecule has 2 aromatic heterocycles. The molecule has 5 aromatic rings. The third-order valence-corrected chi connectivity index (χ3v) is 11.1. The van der Waals surface area contributed by atoms with E-state index in [9.17, 15) is 24.3 Å². The van der Waals surface area contributed by atoms with Crippen LogP contribution in [-0.4, -0.2) is 97.5 Å². The van der Waals surface area contributed by atoms with Crippen molar-refractivity contribution in [2.75, 3.05) is 26.8 Å². The number of ether oxygens (including phenoxy) is 1. The molecule has 0 bridgehead atoms. The van der Waals surface area contributed by atoms with Crippen molar-refractivity contribution in [3.8, 4) is 23.0 Å². The number of aromatic amines is 2. The van der Waals surface area contributed by atoms with Gasteiger partial charge < -0.3 is 40.2 Å². The number of hydrogen-bond acceptors (Lipinski definition) is 8. The lowest BCUT2D eigenvalue weighted by Gasteiger charge is -2.30. The van der Waals surface area contributed by atoms with Crippen molar-refractivity contribution in [1.29, 1.82) is 0 Å². The third-order valence-electron chi connectivity index (χ3n) is 11.1. The van der Waals surface area contributed by atoms with E-state index in [0.29, 0.717) is 18.9 Å². The number of hydrogen-bond donors (Lipinski definition) is 5. The minimum absolute atomic E-state index is 0.112. The zero-order valence-electron chi connectivity index (χ0n) is 33.5. The molecule has 4 unspecified atom stereocenters. The molecule has 58 heavy (non-hydrogen) atoms. The van der Waals surface area contributed by atoms with E-state index in [0.717, 1.165) is 75.8 Å². The Morgan fingerprint density at radius 3 is 1.79 bits per heavy atom. The van der Waals surface area contributed by atoms with Crippen LogP contribution < -0.4 is 10.6 Å². The van der Waals surface area contributed by atoms with Crippen LogP contribution in [0, 0.1) is 23.7 Å². The van der Waals surface area contributed by atoms with E-state index in [4.69, 9.17) is 14.7 Å². The Morgan fingerprint density at radius 2 is 1.24 bits per heavy atom. The molecule has 2 aliphatic heterocycles. The van der Waals surface area contributed by atoms with Gasteiger partial charge in [0.05, 0.1) is 41.3 Å². The molecule has 302 valence electrons.